The van der Waals surface area contributed by atoms with E-state index < -0.39 is 34.8 Å². The highest BCUT2D eigenvalue weighted by atomic mass is 35.5. The Balaban J connectivity index is 1.23. The van der Waals surface area contributed by atoms with Crippen molar-refractivity contribution in [3.05, 3.63) is 64.9 Å². The molecule has 2 N–H and O–H groups in total. The lowest BCUT2D eigenvalue weighted by Crippen LogP contribution is -2.57. The molecule has 2 bridgehead atoms. The van der Waals surface area contributed by atoms with Crippen LogP contribution in [-0.4, -0.2) is 88.0 Å². The van der Waals surface area contributed by atoms with Gasteiger partial charge < -0.3 is 20.1 Å². The van der Waals surface area contributed by atoms with Gasteiger partial charge >= 0.3 is 12.1 Å². The second kappa shape index (κ2) is 13.2. The van der Waals surface area contributed by atoms with Gasteiger partial charge in [-0.2, -0.15) is 9.97 Å². The van der Waals surface area contributed by atoms with Crippen LogP contribution in [0.25, 0.3) is 33.2 Å². The lowest BCUT2D eigenvalue weighted by molar-refractivity contribution is 0.0122. The Bertz CT molecular complexity index is 2100. The highest BCUT2D eigenvalue weighted by Gasteiger charge is 2.50. The largest absolute Gasteiger partial charge is 0.461 e. The SMILES string of the molecule is CC(C)(C)OC(=O)N1[C@@H]2CC[C@H]1CN(c1nc(OC[C@@]34CCCN3C[C@H](F)C4)nc3c(F)c(-c4cc(N)cc(Cl)c4-c4ccc(F)cc4F)ccc13)C2. The molecule has 8 rings (SSSR count). The Labute approximate surface area is 310 Å². The molecule has 53 heavy (non-hydrogen) atoms. The van der Waals surface area contributed by atoms with Crippen LogP contribution in [0.1, 0.15) is 52.9 Å². The number of hydrogen-bond donors (Lipinski definition) is 1. The normalized spacial score (nSPS) is 24.3. The summed E-state index contributed by atoms with van der Waals surface area (Å²) in [6, 6.07) is 8.86. The lowest BCUT2D eigenvalue weighted by Gasteiger charge is -2.42. The van der Waals surface area contributed by atoms with E-state index in [1.165, 1.54) is 18.2 Å². The summed E-state index contributed by atoms with van der Waals surface area (Å²) >= 11 is 6.63. The predicted molar refractivity (Wildman–Crippen MR) is 195 cm³/mol. The third kappa shape index (κ3) is 6.49. The number of alkyl halides is 1. The molecular weight excluding hydrogens is 712 g/mol. The number of amides is 1. The summed E-state index contributed by atoms with van der Waals surface area (Å²) in [5.41, 5.74) is 5.53. The van der Waals surface area contributed by atoms with Crippen LogP contribution in [0, 0.1) is 17.5 Å². The third-order valence-electron chi connectivity index (χ3n) is 11.0. The summed E-state index contributed by atoms with van der Waals surface area (Å²) in [6.07, 6.45) is 2.23. The van der Waals surface area contributed by atoms with Crippen molar-refractivity contribution in [2.45, 2.75) is 82.3 Å². The lowest BCUT2D eigenvalue weighted by atomic mass is 9.92. The number of halogens is 5. The Morgan fingerprint density at radius 2 is 1.74 bits per heavy atom. The molecule has 4 atom stereocenters. The van der Waals surface area contributed by atoms with Crippen molar-refractivity contribution in [2.24, 2.45) is 0 Å². The van der Waals surface area contributed by atoms with E-state index in [2.05, 4.69) is 9.88 Å². The van der Waals surface area contributed by atoms with Crippen LogP contribution < -0.4 is 15.4 Å². The number of hydrogen-bond acceptors (Lipinski definition) is 8. The number of rotatable bonds is 6. The molecule has 0 aliphatic carbocycles. The van der Waals surface area contributed by atoms with Gasteiger partial charge in [0.05, 0.1) is 22.6 Å². The fourth-order valence-electron chi connectivity index (χ4n) is 8.78. The Morgan fingerprint density at radius 3 is 2.45 bits per heavy atom. The van der Waals surface area contributed by atoms with Gasteiger partial charge in [-0.15, -0.1) is 0 Å². The van der Waals surface area contributed by atoms with Crippen LogP contribution in [-0.2, 0) is 4.74 Å². The summed E-state index contributed by atoms with van der Waals surface area (Å²) in [6.45, 7) is 7.60. The fourth-order valence-corrected chi connectivity index (χ4v) is 9.11. The minimum atomic E-state index is -0.964. The molecule has 4 saturated heterocycles. The quantitative estimate of drug-likeness (QED) is 0.156. The minimum absolute atomic E-state index is 0.0280. The van der Waals surface area contributed by atoms with Gasteiger partial charge in [-0.25, -0.2) is 22.4 Å². The van der Waals surface area contributed by atoms with Crippen molar-refractivity contribution in [1.29, 1.82) is 0 Å². The summed E-state index contributed by atoms with van der Waals surface area (Å²) in [5.74, 6) is -1.96. The molecule has 4 fully saturated rings. The Hall–Kier alpha value is -4.36. The molecule has 0 saturated carbocycles. The second-order valence-corrected chi connectivity index (χ2v) is 16.2. The van der Waals surface area contributed by atoms with E-state index in [1.807, 2.05) is 30.6 Å². The van der Waals surface area contributed by atoms with Crippen LogP contribution in [0.15, 0.2) is 42.5 Å². The predicted octanol–water partition coefficient (Wildman–Crippen LogP) is 8.16. The van der Waals surface area contributed by atoms with Crippen LogP contribution in [0.2, 0.25) is 5.02 Å². The molecule has 280 valence electrons. The third-order valence-corrected chi connectivity index (χ3v) is 11.3. The van der Waals surface area contributed by atoms with Gasteiger partial charge in [0.25, 0.3) is 0 Å². The highest BCUT2D eigenvalue weighted by Crippen LogP contribution is 2.45. The molecule has 9 nitrogen and oxygen atoms in total. The van der Waals surface area contributed by atoms with Crippen molar-refractivity contribution in [3.63, 3.8) is 0 Å². The zero-order chi connectivity index (χ0) is 37.4. The molecule has 4 aromatic rings. The van der Waals surface area contributed by atoms with E-state index in [1.54, 1.807) is 12.1 Å². The maximum atomic E-state index is 17.2. The number of carbonyl (C=O) groups excluding carboxylic acids is 1. The molecule has 1 aromatic heterocycles. The highest BCUT2D eigenvalue weighted by molar-refractivity contribution is 6.34. The van der Waals surface area contributed by atoms with Gasteiger partial charge in [-0.3, -0.25) is 9.80 Å². The van der Waals surface area contributed by atoms with Crippen LogP contribution in [0.5, 0.6) is 6.01 Å². The molecule has 5 heterocycles. The van der Waals surface area contributed by atoms with Crippen molar-refractivity contribution in [1.82, 2.24) is 19.8 Å². The Morgan fingerprint density at radius 1 is 1.00 bits per heavy atom. The van der Waals surface area contributed by atoms with Crippen molar-refractivity contribution in [3.8, 4) is 28.3 Å². The smallest absolute Gasteiger partial charge is 0.410 e. The Kier molecular flexibility index (Phi) is 8.87. The maximum Gasteiger partial charge on any atom is 0.410 e. The first kappa shape index (κ1) is 35.7. The number of benzene rings is 3. The van der Waals surface area contributed by atoms with Crippen molar-refractivity contribution in [2.75, 3.05) is 43.4 Å². The molecule has 0 spiro atoms. The van der Waals surface area contributed by atoms with Crippen molar-refractivity contribution < 1.29 is 31.8 Å². The van der Waals surface area contributed by atoms with E-state index in [-0.39, 0.29) is 69.3 Å². The summed E-state index contributed by atoms with van der Waals surface area (Å²) in [7, 11) is 0. The molecule has 4 aliphatic rings. The number of aromatic nitrogens is 2. The number of nitrogens with two attached hydrogens (primary N) is 1. The van der Waals surface area contributed by atoms with Gasteiger partial charge in [-0.05, 0) is 88.9 Å². The van der Waals surface area contributed by atoms with E-state index in [0.29, 0.717) is 37.3 Å². The first-order valence-electron chi connectivity index (χ1n) is 18.0. The number of anilines is 2. The van der Waals surface area contributed by atoms with Gasteiger partial charge in [0.2, 0.25) is 0 Å². The van der Waals surface area contributed by atoms with Gasteiger partial charge in [-0.1, -0.05) is 17.7 Å². The van der Waals surface area contributed by atoms with Crippen LogP contribution in [0.3, 0.4) is 0 Å². The standard InChI is InChI=1S/C39H41ClF4N6O3/c1-38(2,3)53-37(51)50-24-6-7-25(50)19-48(18-24)35-28-10-9-26(29-14-23(45)15-30(40)32(29)27-8-5-21(41)13-31(27)43)33(44)34(28)46-36(47-35)52-20-39-11-4-12-49(39)17-22(42)16-39/h5,8-10,13-15,22,24-25H,4,6-7,11-12,16-20,45H2,1-3H3/t22-,24-,25+,39+/m1/s1. The second-order valence-electron chi connectivity index (χ2n) is 15.7. The van der Waals surface area contributed by atoms with E-state index in [9.17, 15) is 13.6 Å². The van der Waals surface area contributed by atoms with Crippen molar-refractivity contribution >= 4 is 40.1 Å². The number of ether oxygens (including phenoxy) is 2. The average molecular weight is 753 g/mol. The first-order valence-corrected chi connectivity index (χ1v) is 18.4. The molecule has 4 aliphatic heterocycles. The molecule has 3 aromatic carbocycles. The zero-order valence-electron chi connectivity index (χ0n) is 29.8. The number of nitrogen functional groups attached to an aromatic ring is 1. The molecule has 1 amide bonds. The summed E-state index contributed by atoms with van der Waals surface area (Å²) in [4.78, 5) is 28.6. The van der Waals surface area contributed by atoms with Gasteiger partial charge in [0, 0.05) is 59.9 Å². The average Bonchev–Trinajstić information content (AvgIpc) is 3.70. The molecule has 14 heteroatoms. The first-order chi connectivity index (χ1) is 25.2. The summed E-state index contributed by atoms with van der Waals surface area (Å²) < 4.78 is 72.9. The molecular formula is C39H41ClF4N6O3. The minimum Gasteiger partial charge on any atom is -0.461 e. The van der Waals surface area contributed by atoms with Crippen LogP contribution in [0.4, 0.5) is 33.9 Å². The van der Waals surface area contributed by atoms with E-state index in [0.717, 1.165) is 44.4 Å². The molecule has 0 unspecified atom stereocenters. The number of fused-ring (bicyclic) bond motifs is 4. The van der Waals surface area contributed by atoms with Crippen LogP contribution >= 0.6 is 11.6 Å². The maximum absolute atomic E-state index is 17.2. The number of carbonyl (C=O) groups is 1. The fraction of sp³-hybridized carbons (Fsp3) is 0.462. The van der Waals surface area contributed by atoms with E-state index >= 15 is 8.78 Å². The van der Waals surface area contributed by atoms with Gasteiger partial charge in [0.1, 0.15) is 41.3 Å². The number of piperazine rings is 1. The number of nitrogens with zero attached hydrogens (tertiary/aromatic N) is 5. The van der Waals surface area contributed by atoms with Gasteiger partial charge in [0.15, 0.2) is 5.82 Å². The monoisotopic (exact) mass is 752 g/mol. The zero-order valence-corrected chi connectivity index (χ0v) is 30.5. The van der Waals surface area contributed by atoms with E-state index in [4.69, 9.17) is 31.8 Å². The summed E-state index contributed by atoms with van der Waals surface area (Å²) in [5, 5.41) is 0.456. The topological polar surface area (TPSA) is 97.0 Å². The molecule has 0 radical (unpaired) electrons.